The molecule has 0 aliphatic carbocycles. The van der Waals surface area contributed by atoms with Gasteiger partial charge in [0.25, 0.3) is 5.56 Å². The Kier molecular flexibility index (Phi) is 5.48. The number of H-pyrrole nitrogens is 1. The molecule has 0 amide bonds. The predicted molar refractivity (Wildman–Crippen MR) is 138 cm³/mol. The van der Waals surface area contributed by atoms with E-state index in [1.165, 1.54) is 5.56 Å². The first-order chi connectivity index (χ1) is 17.6. The van der Waals surface area contributed by atoms with Crippen molar-refractivity contribution in [2.24, 2.45) is 0 Å². The van der Waals surface area contributed by atoms with E-state index in [1.54, 1.807) is 11.8 Å². The van der Waals surface area contributed by atoms with Gasteiger partial charge in [0.05, 0.1) is 13.7 Å². The molecule has 1 N–H and O–H groups in total. The van der Waals surface area contributed by atoms with E-state index >= 15 is 0 Å². The molecular formula is C28H26N6O2. The van der Waals surface area contributed by atoms with Crippen LogP contribution < -0.4 is 15.2 Å². The Balaban J connectivity index is 1.55. The van der Waals surface area contributed by atoms with Gasteiger partial charge in [0.1, 0.15) is 11.8 Å². The molecule has 0 unspecified atom stereocenters. The molecule has 0 bridgehead atoms. The van der Waals surface area contributed by atoms with Crippen LogP contribution in [0.4, 0.5) is 5.69 Å². The summed E-state index contributed by atoms with van der Waals surface area (Å²) < 4.78 is 7.23. The molecule has 3 heterocycles. The number of methoxy groups -OCH3 is 1. The number of nitrogens with zero attached hydrogens (tertiary/aromatic N) is 5. The highest BCUT2D eigenvalue weighted by Crippen LogP contribution is 2.40. The number of hydrogen-bond acceptors (Lipinski definition) is 6. The van der Waals surface area contributed by atoms with Gasteiger partial charge in [-0.15, -0.1) is 5.10 Å². The summed E-state index contributed by atoms with van der Waals surface area (Å²) >= 11 is 0. The summed E-state index contributed by atoms with van der Waals surface area (Å²) in [5, 5.41) is 13.7. The zero-order valence-electron chi connectivity index (χ0n) is 20.1. The van der Waals surface area contributed by atoms with E-state index < -0.39 is 6.04 Å². The molecule has 8 heteroatoms. The fraction of sp³-hybridized carbons (Fsp3) is 0.214. The Hall–Kier alpha value is -4.46. The van der Waals surface area contributed by atoms with Gasteiger partial charge >= 0.3 is 0 Å². The standard InChI is InChI=1S/C28H26N6O2/c1-18-14-20-10-6-7-11-25(20)34(18)26(27-30-31-32-33(27)17-19-8-4-3-5-9-19)23-16-21-15-22(36-2)12-13-24(21)29-28(23)35/h3-13,15-16,18,26H,14,17H2,1-2H3,(H,29,35)/t18-,26-/m0/s1. The van der Waals surface area contributed by atoms with Crippen molar-refractivity contribution >= 4 is 16.6 Å². The lowest BCUT2D eigenvalue weighted by atomic mass is 10.0. The lowest BCUT2D eigenvalue weighted by Gasteiger charge is -2.33. The van der Waals surface area contributed by atoms with Crippen molar-refractivity contribution < 1.29 is 4.74 Å². The lowest BCUT2D eigenvalue weighted by Crippen LogP contribution is -2.38. The second-order valence-corrected chi connectivity index (χ2v) is 9.18. The Bertz CT molecular complexity index is 1590. The van der Waals surface area contributed by atoms with E-state index in [2.05, 4.69) is 50.5 Å². The maximum atomic E-state index is 13.6. The minimum atomic E-state index is -0.485. The van der Waals surface area contributed by atoms with E-state index in [-0.39, 0.29) is 11.6 Å². The number of pyridine rings is 1. The van der Waals surface area contributed by atoms with E-state index in [1.807, 2.05) is 60.7 Å². The van der Waals surface area contributed by atoms with Gasteiger partial charge in [-0.3, -0.25) is 4.79 Å². The van der Waals surface area contributed by atoms with Gasteiger partial charge in [0, 0.05) is 28.2 Å². The summed E-state index contributed by atoms with van der Waals surface area (Å²) in [6.07, 6.45) is 0.881. The summed E-state index contributed by atoms with van der Waals surface area (Å²) in [5.41, 5.74) is 4.59. The normalized spacial score (nSPS) is 15.7. The Morgan fingerprint density at radius 3 is 2.69 bits per heavy atom. The summed E-state index contributed by atoms with van der Waals surface area (Å²) in [7, 11) is 1.64. The molecule has 8 nitrogen and oxygen atoms in total. The van der Waals surface area contributed by atoms with Crippen LogP contribution in [-0.2, 0) is 13.0 Å². The number of fused-ring (bicyclic) bond motifs is 2. The predicted octanol–water partition coefficient (Wildman–Crippen LogP) is 4.11. The quantitative estimate of drug-likeness (QED) is 0.395. The third-order valence-corrected chi connectivity index (χ3v) is 6.89. The van der Waals surface area contributed by atoms with Gasteiger partial charge in [-0.2, -0.15) is 0 Å². The fourth-order valence-electron chi connectivity index (χ4n) is 5.20. The smallest absolute Gasteiger partial charge is 0.254 e. The van der Waals surface area contributed by atoms with Crippen molar-refractivity contribution in [3.05, 3.63) is 112 Å². The topological polar surface area (TPSA) is 88.9 Å². The number of aromatic nitrogens is 5. The first-order valence-electron chi connectivity index (χ1n) is 12.0. The Labute approximate surface area is 208 Å². The van der Waals surface area contributed by atoms with Crippen LogP contribution >= 0.6 is 0 Å². The maximum Gasteiger partial charge on any atom is 0.254 e. The van der Waals surface area contributed by atoms with Crippen LogP contribution in [-0.4, -0.2) is 38.3 Å². The number of aromatic amines is 1. The van der Waals surface area contributed by atoms with Gasteiger partial charge in [-0.1, -0.05) is 48.5 Å². The zero-order chi connectivity index (χ0) is 24.6. The molecular weight excluding hydrogens is 452 g/mol. The van der Waals surface area contributed by atoms with E-state index in [9.17, 15) is 4.79 Å². The van der Waals surface area contributed by atoms with E-state index in [0.29, 0.717) is 17.9 Å². The highest BCUT2D eigenvalue weighted by Gasteiger charge is 2.37. The van der Waals surface area contributed by atoms with Crippen LogP contribution in [0.25, 0.3) is 10.9 Å². The van der Waals surface area contributed by atoms with Gasteiger partial charge in [0.15, 0.2) is 5.82 Å². The molecule has 6 rings (SSSR count). The average Bonchev–Trinajstić information content (AvgIpc) is 3.49. The van der Waals surface area contributed by atoms with Crippen molar-refractivity contribution in [2.75, 3.05) is 12.0 Å². The zero-order valence-corrected chi connectivity index (χ0v) is 20.1. The van der Waals surface area contributed by atoms with Crippen LogP contribution in [0.2, 0.25) is 0 Å². The molecule has 0 spiro atoms. The first kappa shape index (κ1) is 22.0. The highest BCUT2D eigenvalue weighted by atomic mass is 16.5. The largest absolute Gasteiger partial charge is 0.497 e. The van der Waals surface area contributed by atoms with E-state index in [0.717, 1.165) is 34.3 Å². The molecule has 2 aromatic heterocycles. The van der Waals surface area contributed by atoms with Crippen LogP contribution in [0, 0.1) is 0 Å². The number of nitrogens with one attached hydrogen (secondary N) is 1. The summed E-state index contributed by atoms with van der Waals surface area (Å²) in [5.74, 6) is 1.35. The second kappa shape index (κ2) is 8.96. The third-order valence-electron chi connectivity index (χ3n) is 6.89. The first-order valence-corrected chi connectivity index (χ1v) is 12.0. The molecule has 1 aliphatic rings. The SMILES string of the molecule is COc1ccc2[nH]c(=O)c([C@@H](c3nnnn3Cc3ccccc3)N3c4ccccc4C[C@@H]3C)cc2c1. The molecule has 180 valence electrons. The number of hydrogen-bond donors (Lipinski definition) is 1. The Morgan fingerprint density at radius 2 is 1.86 bits per heavy atom. The average molecular weight is 479 g/mol. The Morgan fingerprint density at radius 1 is 1.06 bits per heavy atom. The molecule has 0 radical (unpaired) electrons. The number of tetrazole rings is 1. The summed E-state index contributed by atoms with van der Waals surface area (Å²) in [6.45, 7) is 2.68. The van der Waals surface area contributed by atoms with Crippen molar-refractivity contribution in [2.45, 2.75) is 32.0 Å². The molecule has 1 aliphatic heterocycles. The van der Waals surface area contributed by atoms with Crippen LogP contribution in [0.15, 0.2) is 83.7 Å². The number of benzene rings is 3. The molecule has 0 saturated heterocycles. The molecule has 0 saturated carbocycles. The second-order valence-electron chi connectivity index (χ2n) is 9.18. The van der Waals surface area contributed by atoms with E-state index in [4.69, 9.17) is 4.74 Å². The molecule has 5 aromatic rings. The molecule has 0 fully saturated rings. The van der Waals surface area contributed by atoms with Gasteiger partial charge < -0.3 is 14.6 Å². The summed E-state index contributed by atoms with van der Waals surface area (Å²) in [6, 6.07) is 25.6. The number of ether oxygens (including phenoxy) is 1. The molecule has 2 atom stereocenters. The highest BCUT2D eigenvalue weighted by molar-refractivity contribution is 5.81. The van der Waals surface area contributed by atoms with Crippen LogP contribution in [0.3, 0.4) is 0 Å². The number of rotatable bonds is 6. The van der Waals surface area contributed by atoms with Crippen LogP contribution in [0.1, 0.15) is 35.5 Å². The molecule has 36 heavy (non-hydrogen) atoms. The lowest BCUT2D eigenvalue weighted by molar-refractivity contribution is 0.415. The van der Waals surface area contributed by atoms with Gasteiger partial charge in [-0.25, -0.2) is 4.68 Å². The van der Waals surface area contributed by atoms with Crippen molar-refractivity contribution in [1.29, 1.82) is 0 Å². The van der Waals surface area contributed by atoms with Crippen molar-refractivity contribution in [3.63, 3.8) is 0 Å². The molecule has 3 aromatic carbocycles. The monoisotopic (exact) mass is 478 g/mol. The minimum absolute atomic E-state index is 0.148. The van der Waals surface area contributed by atoms with Gasteiger partial charge in [0.2, 0.25) is 0 Å². The fourth-order valence-corrected chi connectivity index (χ4v) is 5.20. The third kappa shape index (κ3) is 3.80. The number of anilines is 1. The summed E-state index contributed by atoms with van der Waals surface area (Å²) in [4.78, 5) is 18.9. The maximum absolute atomic E-state index is 13.6. The minimum Gasteiger partial charge on any atom is -0.497 e. The van der Waals surface area contributed by atoms with Crippen molar-refractivity contribution in [3.8, 4) is 5.75 Å². The van der Waals surface area contributed by atoms with Crippen molar-refractivity contribution in [1.82, 2.24) is 25.2 Å². The number of para-hydroxylation sites is 1. The van der Waals surface area contributed by atoms with Gasteiger partial charge in [-0.05, 0) is 65.2 Å². The van der Waals surface area contributed by atoms with Crippen LogP contribution in [0.5, 0.6) is 5.75 Å².